The number of esters is 1. The molecule has 154 valence electrons. The van der Waals surface area contributed by atoms with Crippen LogP contribution in [0.15, 0.2) is 36.4 Å². The third kappa shape index (κ3) is 4.70. The molecule has 2 N–H and O–H groups in total. The molecule has 4 rings (SSSR count). The number of nitrogens with zero attached hydrogens (tertiary/aromatic N) is 1. The topological polar surface area (TPSA) is 81.9 Å². The lowest BCUT2D eigenvalue weighted by Gasteiger charge is -2.26. The number of carbonyl (C=O) groups excluding carboxylic acids is 2. The van der Waals surface area contributed by atoms with E-state index in [2.05, 4.69) is 4.90 Å². The summed E-state index contributed by atoms with van der Waals surface area (Å²) in [6.45, 7) is 4.20. The first kappa shape index (κ1) is 19.7. The molecule has 0 atom stereocenters. The maximum Gasteiger partial charge on any atom is 0.339 e. The summed E-state index contributed by atoms with van der Waals surface area (Å²) in [6, 6.07) is 11.2. The predicted molar refractivity (Wildman–Crippen MR) is 111 cm³/mol. The van der Waals surface area contributed by atoms with Crippen molar-refractivity contribution in [2.45, 2.75) is 44.1 Å². The van der Waals surface area contributed by atoms with Crippen molar-refractivity contribution in [2.24, 2.45) is 5.73 Å². The SMILES string of the molecule is NC(=O)C1(OC(=O)c2ccc3cc(OCCCN4CCCCC4)ccc3c2)CC1. The zero-order valence-electron chi connectivity index (χ0n) is 16.7. The molecule has 1 saturated carbocycles. The van der Waals surface area contributed by atoms with Crippen LogP contribution in [0.2, 0.25) is 0 Å². The molecule has 0 radical (unpaired) electrons. The first-order valence-electron chi connectivity index (χ1n) is 10.5. The number of nitrogens with two attached hydrogens (primary N) is 1. The molecule has 1 aliphatic heterocycles. The van der Waals surface area contributed by atoms with Crippen LogP contribution in [0.4, 0.5) is 0 Å². The molecule has 1 amide bonds. The van der Waals surface area contributed by atoms with Crippen LogP contribution in [-0.2, 0) is 9.53 Å². The fourth-order valence-corrected chi connectivity index (χ4v) is 3.85. The highest BCUT2D eigenvalue weighted by Gasteiger charge is 2.53. The number of carbonyl (C=O) groups is 2. The average molecular weight is 396 g/mol. The van der Waals surface area contributed by atoms with Gasteiger partial charge in [0.05, 0.1) is 12.2 Å². The summed E-state index contributed by atoms with van der Waals surface area (Å²) in [5.74, 6) is -0.257. The fraction of sp³-hybridized carbons (Fsp3) is 0.478. The van der Waals surface area contributed by atoms with Gasteiger partial charge in [0.2, 0.25) is 0 Å². The lowest BCUT2D eigenvalue weighted by molar-refractivity contribution is -0.128. The van der Waals surface area contributed by atoms with E-state index in [1.165, 1.54) is 32.4 Å². The van der Waals surface area contributed by atoms with E-state index >= 15 is 0 Å². The maximum absolute atomic E-state index is 12.4. The van der Waals surface area contributed by atoms with Crippen LogP contribution in [0, 0.1) is 0 Å². The second-order valence-corrected chi connectivity index (χ2v) is 8.08. The van der Waals surface area contributed by atoms with E-state index in [0.29, 0.717) is 25.0 Å². The molecular formula is C23H28N2O4. The Balaban J connectivity index is 1.33. The summed E-state index contributed by atoms with van der Waals surface area (Å²) < 4.78 is 11.3. The van der Waals surface area contributed by atoms with Gasteiger partial charge in [-0.05, 0) is 67.4 Å². The molecule has 2 aromatic rings. The highest BCUT2D eigenvalue weighted by atomic mass is 16.6. The number of rotatable bonds is 8. The molecule has 0 bridgehead atoms. The third-order valence-corrected chi connectivity index (χ3v) is 5.82. The molecule has 2 aromatic carbocycles. The Hall–Kier alpha value is -2.60. The number of fused-ring (bicyclic) bond motifs is 1. The van der Waals surface area contributed by atoms with Gasteiger partial charge in [-0.3, -0.25) is 4.79 Å². The minimum Gasteiger partial charge on any atom is -0.494 e. The molecule has 2 fully saturated rings. The summed E-state index contributed by atoms with van der Waals surface area (Å²) in [6.07, 6.45) is 6.00. The van der Waals surface area contributed by atoms with Crippen LogP contribution in [0.1, 0.15) is 48.9 Å². The monoisotopic (exact) mass is 396 g/mol. The number of ether oxygens (including phenoxy) is 2. The van der Waals surface area contributed by atoms with Crippen molar-refractivity contribution in [3.63, 3.8) is 0 Å². The minimum absolute atomic E-state index is 0.417. The largest absolute Gasteiger partial charge is 0.494 e. The van der Waals surface area contributed by atoms with Gasteiger partial charge in [0.25, 0.3) is 5.91 Å². The summed E-state index contributed by atoms with van der Waals surface area (Å²) in [7, 11) is 0. The maximum atomic E-state index is 12.4. The van der Waals surface area contributed by atoms with Gasteiger partial charge in [0.1, 0.15) is 5.75 Å². The number of hydrogen-bond acceptors (Lipinski definition) is 5. The minimum atomic E-state index is -1.10. The van der Waals surface area contributed by atoms with E-state index in [-0.39, 0.29) is 0 Å². The van der Waals surface area contributed by atoms with Gasteiger partial charge >= 0.3 is 5.97 Å². The van der Waals surface area contributed by atoms with Gasteiger partial charge < -0.3 is 20.1 Å². The molecule has 2 aliphatic rings. The van der Waals surface area contributed by atoms with E-state index in [9.17, 15) is 9.59 Å². The Morgan fingerprint density at radius 2 is 1.72 bits per heavy atom. The molecule has 0 spiro atoms. The van der Waals surface area contributed by atoms with Crippen molar-refractivity contribution in [3.05, 3.63) is 42.0 Å². The van der Waals surface area contributed by atoms with E-state index < -0.39 is 17.5 Å². The smallest absolute Gasteiger partial charge is 0.339 e. The fourth-order valence-electron chi connectivity index (χ4n) is 3.85. The van der Waals surface area contributed by atoms with Gasteiger partial charge in [-0.15, -0.1) is 0 Å². The molecule has 0 aromatic heterocycles. The Kier molecular flexibility index (Phi) is 5.72. The van der Waals surface area contributed by atoms with E-state index in [1.54, 1.807) is 12.1 Å². The first-order valence-corrected chi connectivity index (χ1v) is 10.5. The second kappa shape index (κ2) is 8.41. The van der Waals surface area contributed by atoms with Crippen molar-refractivity contribution in [3.8, 4) is 5.75 Å². The number of hydrogen-bond donors (Lipinski definition) is 1. The van der Waals surface area contributed by atoms with Crippen LogP contribution in [0.25, 0.3) is 10.8 Å². The van der Waals surface area contributed by atoms with Crippen LogP contribution in [0.5, 0.6) is 5.75 Å². The first-order chi connectivity index (χ1) is 14.1. The van der Waals surface area contributed by atoms with Crippen LogP contribution < -0.4 is 10.5 Å². The molecule has 1 saturated heterocycles. The number of piperidine rings is 1. The van der Waals surface area contributed by atoms with Gasteiger partial charge in [0, 0.05) is 19.4 Å². The predicted octanol–water partition coefficient (Wildman–Crippen LogP) is 3.27. The third-order valence-electron chi connectivity index (χ3n) is 5.82. The number of benzene rings is 2. The molecule has 29 heavy (non-hydrogen) atoms. The van der Waals surface area contributed by atoms with Gasteiger partial charge in [-0.1, -0.05) is 18.6 Å². The molecule has 1 heterocycles. The van der Waals surface area contributed by atoms with Crippen LogP contribution >= 0.6 is 0 Å². The number of primary amides is 1. The van der Waals surface area contributed by atoms with Crippen LogP contribution in [-0.4, -0.2) is 48.6 Å². The Labute approximate surface area is 170 Å². The van der Waals surface area contributed by atoms with E-state index in [4.69, 9.17) is 15.2 Å². The molecule has 6 nitrogen and oxygen atoms in total. The van der Waals surface area contributed by atoms with Crippen molar-refractivity contribution in [1.82, 2.24) is 4.90 Å². The zero-order valence-corrected chi connectivity index (χ0v) is 16.7. The highest BCUT2D eigenvalue weighted by Crippen LogP contribution is 2.40. The van der Waals surface area contributed by atoms with Gasteiger partial charge in [-0.2, -0.15) is 0 Å². The number of likely N-dealkylation sites (tertiary alicyclic amines) is 1. The van der Waals surface area contributed by atoms with Crippen LogP contribution in [0.3, 0.4) is 0 Å². The molecule has 1 aliphatic carbocycles. The standard InChI is InChI=1S/C23H28N2O4/c24-22(27)23(9-10-23)29-21(26)19-6-5-18-16-20(8-7-17(18)15-19)28-14-4-13-25-11-2-1-3-12-25/h5-8,15-16H,1-4,9-14H2,(H2,24,27). The lowest BCUT2D eigenvalue weighted by atomic mass is 10.1. The summed E-state index contributed by atoms with van der Waals surface area (Å²) in [4.78, 5) is 26.3. The summed E-state index contributed by atoms with van der Waals surface area (Å²) in [5.41, 5.74) is 4.64. The summed E-state index contributed by atoms with van der Waals surface area (Å²) >= 11 is 0. The molecular weight excluding hydrogens is 368 g/mol. The quantitative estimate of drug-likeness (QED) is 0.547. The average Bonchev–Trinajstić information content (AvgIpc) is 3.52. The van der Waals surface area contributed by atoms with Gasteiger partial charge in [-0.25, -0.2) is 4.79 Å². The summed E-state index contributed by atoms with van der Waals surface area (Å²) in [5, 5.41) is 1.91. The van der Waals surface area contributed by atoms with Gasteiger partial charge in [0.15, 0.2) is 5.60 Å². The zero-order chi connectivity index (χ0) is 20.3. The Morgan fingerprint density at radius 1 is 1.00 bits per heavy atom. The Bertz CT molecular complexity index is 901. The van der Waals surface area contributed by atoms with Crippen molar-refractivity contribution in [2.75, 3.05) is 26.2 Å². The lowest BCUT2D eigenvalue weighted by Crippen LogP contribution is -2.35. The van der Waals surface area contributed by atoms with Crippen molar-refractivity contribution < 1.29 is 19.1 Å². The van der Waals surface area contributed by atoms with E-state index in [1.807, 2.05) is 24.3 Å². The second-order valence-electron chi connectivity index (χ2n) is 8.08. The van der Waals surface area contributed by atoms with Crippen molar-refractivity contribution >= 4 is 22.6 Å². The highest BCUT2D eigenvalue weighted by molar-refractivity contribution is 5.98. The number of amides is 1. The molecule has 6 heteroatoms. The Morgan fingerprint density at radius 3 is 2.45 bits per heavy atom. The molecule has 0 unspecified atom stereocenters. The van der Waals surface area contributed by atoms with Crippen molar-refractivity contribution in [1.29, 1.82) is 0 Å². The van der Waals surface area contributed by atoms with E-state index in [0.717, 1.165) is 29.5 Å². The normalized spacial score (nSPS) is 18.3.